The van der Waals surface area contributed by atoms with E-state index in [1.165, 1.54) is 33.7 Å². The van der Waals surface area contributed by atoms with Crippen LogP contribution in [0.3, 0.4) is 0 Å². The van der Waals surface area contributed by atoms with E-state index >= 15 is 0 Å². The summed E-state index contributed by atoms with van der Waals surface area (Å²) >= 11 is 12.7. The molecule has 0 unspecified atom stereocenters. The van der Waals surface area contributed by atoms with Crippen molar-refractivity contribution in [3.63, 3.8) is 0 Å². The lowest BCUT2D eigenvalue weighted by atomic mass is 10.0. The average molecular weight is 491 g/mol. The summed E-state index contributed by atoms with van der Waals surface area (Å²) < 4.78 is 1.27. The number of hydrogen-bond donors (Lipinski definition) is 2. The molecule has 0 aliphatic heterocycles. The van der Waals surface area contributed by atoms with Crippen molar-refractivity contribution in [2.75, 3.05) is 0 Å². The Balaban J connectivity index is 2.50. The molecule has 10 heteroatoms. The van der Waals surface area contributed by atoms with Crippen LogP contribution in [0.5, 0.6) is 0 Å². The first kappa shape index (κ1) is 24.5. The molecule has 3 rings (SSSR count). The molecule has 0 aliphatic rings. The predicted octanol–water partition coefficient (Wildman–Crippen LogP) is 5.02. The van der Waals surface area contributed by atoms with Crippen molar-refractivity contribution in [3.8, 4) is 5.69 Å². The number of amides is 2. The normalized spacial score (nSPS) is 12.5. The molecule has 8 nitrogen and oxygen atoms in total. The lowest BCUT2D eigenvalue weighted by Crippen LogP contribution is -2.48. The standard InChI is InChI=1S/C23H24Cl2N4O4/c1-5-16(29(22(32)33)23(2,3)4)20-27-18-15(25)10-9-14(24)17(18)21(31)28(20)13-8-6-7-12(11-13)19(26)30/h6-11,16H,5H2,1-4H3,(H2,26,30)(H,32,33)/t16-/m0/s1. The highest BCUT2D eigenvalue weighted by Crippen LogP contribution is 2.34. The smallest absolute Gasteiger partial charge is 0.408 e. The minimum atomic E-state index is -1.17. The maximum atomic E-state index is 13.8. The van der Waals surface area contributed by atoms with Crippen LogP contribution in [0.4, 0.5) is 4.79 Å². The van der Waals surface area contributed by atoms with Gasteiger partial charge in [0, 0.05) is 11.1 Å². The summed E-state index contributed by atoms with van der Waals surface area (Å²) in [5, 5.41) is 10.5. The third-order valence-corrected chi connectivity index (χ3v) is 5.88. The van der Waals surface area contributed by atoms with Crippen LogP contribution >= 0.6 is 23.2 Å². The zero-order valence-corrected chi connectivity index (χ0v) is 20.1. The molecule has 0 spiro atoms. The highest BCUT2D eigenvalue weighted by Gasteiger charge is 2.36. The quantitative estimate of drug-likeness (QED) is 0.520. The number of carbonyl (C=O) groups excluding carboxylic acids is 1. The van der Waals surface area contributed by atoms with Crippen LogP contribution < -0.4 is 11.3 Å². The van der Waals surface area contributed by atoms with Gasteiger partial charge in [-0.15, -0.1) is 0 Å². The van der Waals surface area contributed by atoms with Gasteiger partial charge in [0.25, 0.3) is 5.56 Å². The molecule has 2 aromatic carbocycles. The molecule has 1 atom stereocenters. The van der Waals surface area contributed by atoms with Crippen molar-refractivity contribution in [1.29, 1.82) is 0 Å². The number of nitrogens with two attached hydrogens (primary N) is 1. The van der Waals surface area contributed by atoms with E-state index in [-0.39, 0.29) is 32.3 Å². The first-order valence-electron chi connectivity index (χ1n) is 10.2. The van der Waals surface area contributed by atoms with Crippen molar-refractivity contribution in [3.05, 3.63) is 68.2 Å². The summed E-state index contributed by atoms with van der Waals surface area (Å²) in [7, 11) is 0. The maximum absolute atomic E-state index is 13.8. The van der Waals surface area contributed by atoms with E-state index in [0.717, 1.165) is 0 Å². The summed E-state index contributed by atoms with van der Waals surface area (Å²) in [6.07, 6.45) is -0.854. The van der Waals surface area contributed by atoms with E-state index in [9.17, 15) is 19.5 Å². The van der Waals surface area contributed by atoms with Gasteiger partial charge in [-0.1, -0.05) is 36.2 Å². The number of nitrogens with zero attached hydrogens (tertiary/aromatic N) is 3. The Labute approximate surface area is 200 Å². The number of primary amides is 1. The summed E-state index contributed by atoms with van der Waals surface area (Å²) in [6, 6.07) is 8.37. The topological polar surface area (TPSA) is 119 Å². The van der Waals surface area contributed by atoms with Crippen LogP contribution in [-0.4, -0.2) is 37.1 Å². The fourth-order valence-corrected chi connectivity index (χ4v) is 4.31. The highest BCUT2D eigenvalue weighted by molar-refractivity contribution is 6.39. The van der Waals surface area contributed by atoms with Gasteiger partial charge < -0.3 is 10.8 Å². The molecule has 0 radical (unpaired) electrons. The SMILES string of the molecule is CC[C@@H](c1nc2c(Cl)ccc(Cl)c2c(=O)n1-c1cccc(C(N)=O)c1)N(C(=O)O)C(C)(C)C. The minimum absolute atomic E-state index is 0.0879. The zero-order valence-electron chi connectivity index (χ0n) is 18.6. The molecule has 0 bridgehead atoms. The molecular weight excluding hydrogens is 467 g/mol. The third-order valence-electron chi connectivity index (χ3n) is 5.26. The van der Waals surface area contributed by atoms with Crippen LogP contribution in [0, 0.1) is 0 Å². The summed E-state index contributed by atoms with van der Waals surface area (Å²) in [6.45, 7) is 7.06. The lowest BCUT2D eigenvalue weighted by molar-refractivity contribution is 0.0646. The Morgan fingerprint density at radius 3 is 2.36 bits per heavy atom. The summed E-state index contributed by atoms with van der Waals surface area (Å²) in [5.41, 5.74) is 4.74. The van der Waals surface area contributed by atoms with Crippen LogP contribution in [0.25, 0.3) is 16.6 Å². The van der Waals surface area contributed by atoms with Crippen LogP contribution in [0.15, 0.2) is 41.2 Å². The highest BCUT2D eigenvalue weighted by atomic mass is 35.5. The van der Waals surface area contributed by atoms with E-state index in [2.05, 4.69) is 4.98 Å². The second-order valence-electron chi connectivity index (χ2n) is 8.53. The van der Waals surface area contributed by atoms with Gasteiger partial charge in [-0.2, -0.15) is 0 Å². The van der Waals surface area contributed by atoms with Gasteiger partial charge >= 0.3 is 6.09 Å². The van der Waals surface area contributed by atoms with Crippen molar-refractivity contribution >= 4 is 46.1 Å². The van der Waals surface area contributed by atoms with Gasteiger partial charge in [0.05, 0.1) is 32.7 Å². The maximum Gasteiger partial charge on any atom is 0.408 e. The largest absolute Gasteiger partial charge is 0.465 e. The van der Waals surface area contributed by atoms with E-state index < -0.39 is 29.1 Å². The number of fused-ring (bicyclic) bond motifs is 1. The molecule has 0 fully saturated rings. The number of rotatable bonds is 5. The van der Waals surface area contributed by atoms with Gasteiger partial charge in [-0.05, 0) is 57.5 Å². The fraction of sp³-hybridized carbons (Fsp3) is 0.304. The summed E-state index contributed by atoms with van der Waals surface area (Å²) in [4.78, 5) is 43.7. The molecule has 0 saturated carbocycles. The summed E-state index contributed by atoms with van der Waals surface area (Å²) in [5.74, 6) is -0.520. The first-order valence-corrected chi connectivity index (χ1v) is 11.0. The molecule has 1 heterocycles. The van der Waals surface area contributed by atoms with Gasteiger partial charge in [0.2, 0.25) is 5.91 Å². The Morgan fingerprint density at radius 2 is 1.82 bits per heavy atom. The molecule has 174 valence electrons. The predicted molar refractivity (Wildman–Crippen MR) is 129 cm³/mol. The fourth-order valence-electron chi connectivity index (χ4n) is 3.87. The number of carboxylic acid groups (broad SMARTS) is 1. The average Bonchev–Trinajstić information content (AvgIpc) is 2.72. The van der Waals surface area contributed by atoms with Crippen LogP contribution in [0.2, 0.25) is 10.0 Å². The number of benzene rings is 2. The molecule has 0 aliphatic carbocycles. The Bertz CT molecular complexity index is 1310. The van der Waals surface area contributed by atoms with Crippen LogP contribution in [-0.2, 0) is 0 Å². The Morgan fingerprint density at radius 1 is 1.18 bits per heavy atom. The second-order valence-corrected chi connectivity index (χ2v) is 9.34. The van der Waals surface area contributed by atoms with E-state index in [0.29, 0.717) is 12.1 Å². The number of hydrogen-bond acceptors (Lipinski definition) is 4. The third kappa shape index (κ3) is 4.54. The molecule has 1 aromatic heterocycles. The molecule has 2 amide bonds. The molecule has 3 N–H and O–H groups in total. The van der Waals surface area contributed by atoms with E-state index in [1.54, 1.807) is 39.8 Å². The van der Waals surface area contributed by atoms with Crippen LogP contribution in [0.1, 0.15) is 56.3 Å². The second kappa shape index (κ2) is 9.03. The van der Waals surface area contributed by atoms with Gasteiger partial charge in [0.15, 0.2) is 0 Å². The molecule has 33 heavy (non-hydrogen) atoms. The van der Waals surface area contributed by atoms with Crippen molar-refractivity contribution in [1.82, 2.24) is 14.5 Å². The lowest BCUT2D eigenvalue weighted by Gasteiger charge is -2.39. The molecule has 3 aromatic rings. The minimum Gasteiger partial charge on any atom is -0.465 e. The number of halogens is 2. The first-order chi connectivity index (χ1) is 15.4. The van der Waals surface area contributed by atoms with Gasteiger partial charge in [-0.25, -0.2) is 9.78 Å². The van der Waals surface area contributed by atoms with Gasteiger partial charge in [-0.3, -0.25) is 19.1 Å². The molecule has 0 saturated heterocycles. The van der Waals surface area contributed by atoms with Gasteiger partial charge in [0.1, 0.15) is 5.82 Å². The van der Waals surface area contributed by atoms with Crippen molar-refractivity contribution < 1.29 is 14.7 Å². The number of carbonyl (C=O) groups is 2. The Kier molecular flexibility index (Phi) is 6.72. The van der Waals surface area contributed by atoms with E-state index in [1.807, 2.05) is 0 Å². The van der Waals surface area contributed by atoms with Crippen molar-refractivity contribution in [2.24, 2.45) is 5.73 Å². The Hall–Kier alpha value is -3.10. The monoisotopic (exact) mass is 490 g/mol. The van der Waals surface area contributed by atoms with Crippen molar-refractivity contribution in [2.45, 2.75) is 45.7 Å². The number of aromatic nitrogens is 2. The molecular formula is C23H24Cl2N4O4. The van der Waals surface area contributed by atoms with E-state index in [4.69, 9.17) is 28.9 Å². The zero-order chi connectivity index (χ0) is 24.7.